The molecule has 2 aliphatic heterocycles. The van der Waals surface area contributed by atoms with Crippen molar-refractivity contribution in [2.45, 2.75) is 32.4 Å². The first kappa shape index (κ1) is 20.4. The average Bonchev–Trinajstić information content (AvgIpc) is 3.49. The molecule has 0 fully saturated rings. The Labute approximate surface area is 197 Å². The first-order valence-corrected chi connectivity index (χ1v) is 12.4. The molecule has 0 saturated carbocycles. The van der Waals surface area contributed by atoms with Crippen molar-refractivity contribution in [1.82, 2.24) is 9.47 Å². The van der Waals surface area contributed by atoms with Crippen molar-refractivity contribution >= 4 is 28.1 Å². The molecule has 0 spiro atoms. The van der Waals surface area contributed by atoms with Crippen molar-refractivity contribution in [2.75, 3.05) is 19.8 Å². The topological polar surface area (TPSA) is 43.7 Å². The van der Waals surface area contributed by atoms with Gasteiger partial charge in [-0.3, -0.25) is 4.79 Å². The summed E-state index contributed by atoms with van der Waals surface area (Å²) in [6, 6.07) is 16.6. The summed E-state index contributed by atoms with van der Waals surface area (Å²) in [6.45, 7) is 4.83. The maximum Gasteiger partial charge on any atom is 0.256 e. The lowest BCUT2D eigenvalue weighted by atomic mass is 9.94. The lowest BCUT2D eigenvalue weighted by Gasteiger charge is -2.36. The number of hydrogen-bond acceptors (Lipinski definition) is 4. The minimum absolute atomic E-state index is 0.00699. The highest BCUT2D eigenvalue weighted by atomic mass is 32.1. The molecule has 4 aromatic rings. The van der Waals surface area contributed by atoms with E-state index in [1.165, 1.54) is 10.4 Å². The number of thiophene rings is 1. The van der Waals surface area contributed by atoms with Crippen molar-refractivity contribution in [3.8, 4) is 11.5 Å². The van der Waals surface area contributed by atoms with E-state index in [1.54, 1.807) is 11.3 Å². The maximum absolute atomic E-state index is 14.0. The number of rotatable bonds is 4. The SMILES string of the molecule is CCn1cc(C(=O)N2CCc3ccsc3C2Cc2ccc3c(c2)OCCO3)c2ccccc21. The van der Waals surface area contributed by atoms with Crippen LogP contribution in [0.4, 0.5) is 0 Å². The van der Waals surface area contributed by atoms with Gasteiger partial charge in [-0.05, 0) is 60.5 Å². The van der Waals surface area contributed by atoms with Crippen LogP contribution in [-0.2, 0) is 19.4 Å². The molecule has 2 aromatic heterocycles. The number of aryl methyl sites for hydroxylation is 1. The van der Waals surface area contributed by atoms with E-state index in [0.29, 0.717) is 13.2 Å². The van der Waals surface area contributed by atoms with Gasteiger partial charge in [-0.15, -0.1) is 11.3 Å². The Kier molecular flexibility index (Phi) is 5.10. The molecular weight excluding hydrogens is 432 g/mol. The van der Waals surface area contributed by atoms with Gasteiger partial charge in [0.2, 0.25) is 0 Å². The summed E-state index contributed by atoms with van der Waals surface area (Å²) in [6.07, 6.45) is 3.68. The fourth-order valence-electron chi connectivity index (χ4n) is 5.10. The lowest BCUT2D eigenvalue weighted by Crippen LogP contribution is -2.40. The van der Waals surface area contributed by atoms with Gasteiger partial charge in [-0.1, -0.05) is 24.3 Å². The molecule has 4 heterocycles. The molecule has 0 radical (unpaired) electrons. The van der Waals surface area contributed by atoms with Crippen LogP contribution in [0.25, 0.3) is 10.9 Å². The maximum atomic E-state index is 14.0. The fourth-order valence-corrected chi connectivity index (χ4v) is 6.17. The van der Waals surface area contributed by atoms with Crippen LogP contribution in [0, 0.1) is 0 Å². The first-order valence-electron chi connectivity index (χ1n) is 11.6. The number of benzene rings is 2. The molecule has 6 heteroatoms. The predicted octanol–water partition coefficient (Wildman–Crippen LogP) is 5.48. The second-order valence-electron chi connectivity index (χ2n) is 8.60. The van der Waals surface area contributed by atoms with Gasteiger partial charge in [0.05, 0.1) is 11.6 Å². The zero-order valence-corrected chi connectivity index (χ0v) is 19.4. The summed E-state index contributed by atoms with van der Waals surface area (Å²) in [7, 11) is 0. The summed E-state index contributed by atoms with van der Waals surface area (Å²) in [5, 5.41) is 3.18. The molecule has 0 bridgehead atoms. The van der Waals surface area contributed by atoms with E-state index in [4.69, 9.17) is 9.47 Å². The summed E-state index contributed by atoms with van der Waals surface area (Å²) < 4.78 is 13.7. The Morgan fingerprint density at radius 2 is 1.94 bits per heavy atom. The van der Waals surface area contributed by atoms with E-state index in [1.807, 2.05) is 24.4 Å². The van der Waals surface area contributed by atoms with Crippen molar-refractivity contribution < 1.29 is 14.3 Å². The van der Waals surface area contributed by atoms with E-state index in [-0.39, 0.29) is 11.9 Å². The number of aromatic nitrogens is 1. The summed E-state index contributed by atoms with van der Waals surface area (Å²) in [4.78, 5) is 17.4. The number of ether oxygens (including phenoxy) is 2. The van der Waals surface area contributed by atoms with Crippen LogP contribution in [0.2, 0.25) is 0 Å². The highest BCUT2D eigenvalue weighted by molar-refractivity contribution is 7.10. The molecule has 0 aliphatic carbocycles. The second kappa shape index (κ2) is 8.27. The van der Waals surface area contributed by atoms with Gasteiger partial charge in [0, 0.05) is 35.1 Å². The van der Waals surface area contributed by atoms with E-state index in [9.17, 15) is 4.79 Å². The van der Waals surface area contributed by atoms with E-state index in [2.05, 4.69) is 52.1 Å². The molecule has 2 aliphatic rings. The third kappa shape index (κ3) is 3.49. The van der Waals surface area contributed by atoms with Crippen LogP contribution in [0.5, 0.6) is 11.5 Å². The van der Waals surface area contributed by atoms with Gasteiger partial charge < -0.3 is 18.9 Å². The van der Waals surface area contributed by atoms with Crippen molar-refractivity contribution in [3.63, 3.8) is 0 Å². The van der Waals surface area contributed by atoms with E-state index in [0.717, 1.165) is 59.5 Å². The summed E-state index contributed by atoms with van der Waals surface area (Å²) in [5.41, 5.74) is 4.42. The number of fused-ring (bicyclic) bond motifs is 3. The Bertz CT molecular complexity index is 1340. The van der Waals surface area contributed by atoms with Gasteiger partial charge in [0.25, 0.3) is 5.91 Å². The van der Waals surface area contributed by atoms with E-state index < -0.39 is 0 Å². The molecule has 1 unspecified atom stereocenters. The van der Waals surface area contributed by atoms with Crippen LogP contribution >= 0.6 is 11.3 Å². The second-order valence-corrected chi connectivity index (χ2v) is 9.55. The van der Waals surface area contributed by atoms with Crippen molar-refractivity contribution in [1.29, 1.82) is 0 Å². The van der Waals surface area contributed by atoms with Gasteiger partial charge in [-0.25, -0.2) is 0 Å². The first-order chi connectivity index (χ1) is 16.2. The summed E-state index contributed by atoms with van der Waals surface area (Å²) >= 11 is 1.76. The van der Waals surface area contributed by atoms with Gasteiger partial charge >= 0.3 is 0 Å². The molecule has 1 atom stereocenters. The van der Waals surface area contributed by atoms with Crippen LogP contribution in [-0.4, -0.2) is 35.1 Å². The quantitative estimate of drug-likeness (QED) is 0.407. The van der Waals surface area contributed by atoms with Crippen LogP contribution in [0.15, 0.2) is 60.1 Å². The molecule has 33 heavy (non-hydrogen) atoms. The predicted molar refractivity (Wildman–Crippen MR) is 131 cm³/mol. The van der Waals surface area contributed by atoms with Crippen molar-refractivity contribution in [2.24, 2.45) is 0 Å². The standard InChI is InChI=1S/C27H26N2O3S/c1-2-28-17-21(20-5-3-4-6-22(20)28)27(30)29-11-9-19-10-14-33-26(19)23(29)15-18-7-8-24-25(16-18)32-13-12-31-24/h3-8,10,14,16-17,23H,2,9,11-13,15H2,1H3. The molecule has 1 amide bonds. The van der Waals surface area contributed by atoms with Crippen LogP contribution < -0.4 is 9.47 Å². The van der Waals surface area contributed by atoms with E-state index >= 15 is 0 Å². The highest BCUT2D eigenvalue weighted by Gasteiger charge is 2.34. The van der Waals surface area contributed by atoms with Crippen LogP contribution in [0.3, 0.4) is 0 Å². The van der Waals surface area contributed by atoms with Crippen molar-refractivity contribution in [3.05, 3.63) is 81.7 Å². The van der Waals surface area contributed by atoms with Crippen LogP contribution in [0.1, 0.15) is 39.3 Å². The van der Waals surface area contributed by atoms with Gasteiger partial charge in [0.1, 0.15) is 13.2 Å². The van der Waals surface area contributed by atoms with Gasteiger partial charge in [-0.2, -0.15) is 0 Å². The number of para-hydroxylation sites is 1. The molecule has 0 saturated heterocycles. The lowest BCUT2D eigenvalue weighted by molar-refractivity contribution is 0.0666. The third-order valence-corrected chi connectivity index (χ3v) is 7.80. The molecular formula is C27H26N2O3S. The Balaban J connectivity index is 1.38. The zero-order valence-electron chi connectivity index (χ0n) is 18.6. The Morgan fingerprint density at radius 3 is 2.82 bits per heavy atom. The highest BCUT2D eigenvalue weighted by Crippen LogP contribution is 2.39. The number of carbonyl (C=O) groups excluding carboxylic acids is 1. The number of amides is 1. The molecule has 2 aromatic carbocycles. The largest absolute Gasteiger partial charge is 0.486 e. The minimum atomic E-state index is 0.00699. The molecule has 168 valence electrons. The fraction of sp³-hybridized carbons (Fsp3) is 0.296. The monoisotopic (exact) mass is 458 g/mol. The minimum Gasteiger partial charge on any atom is -0.486 e. The third-order valence-electron chi connectivity index (χ3n) is 6.74. The Hall–Kier alpha value is -3.25. The molecule has 6 rings (SSSR count). The normalized spacial score (nSPS) is 17.2. The zero-order chi connectivity index (χ0) is 22.4. The Morgan fingerprint density at radius 1 is 1.09 bits per heavy atom. The smallest absolute Gasteiger partial charge is 0.256 e. The van der Waals surface area contributed by atoms with Gasteiger partial charge in [0.15, 0.2) is 11.5 Å². The average molecular weight is 459 g/mol. The number of carbonyl (C=O) groups is 1. The molecule has 0 N–H and O–H groups in total. The summed E-state index contributed by atoms with van der Waals surface area (Å²) in [5.74, 6) is 1.70. The number of hydrogen-bond donors (Lipinski definition) is 0. The molecule has 5 nitrogen and oxygen atoms in total. The number of nitrogens with zero attached hydrogens (tertiary/aromatic N) is 2.